The van der Waals surface area contributed by atoms with Gasteiger partial charge in [0, 0.05) is 49.4 Å². The van der Waals surface area contributed by atoms with Gasteiger partial charge in [-0.3, -0.25) is 4.90 Å². The number of amides is 2. The standard InChI is InChI=1S/C18H22N4O/c23-18(22-12-11-21-10-4-7-17(21)14-22)19-15-5-3-6-16(13-15)20-8-1-2-9-20/h1-3,5-6,8-9,13,17H,4,7,10-12,14H2,(H,19,23)/t17-/m0/s1. The summed E-state index contributed by atoms with van der Waals surface area (Å²) < 4.78 is 2.03. The summed E-state index contributed by atoms with van der Waals surface area (Å²) in [5, 5.41) is 3.05. The van der Waals surface area contributed by atoms with Crippen LogP contribution in [0, 0.1) is 0 Å². The van der Waals surface area contributed by atoms with Crippen molar-refractivity contribution in [1.29, 1.82) is 0 Å². The maximum atomic E-state index is 12.5. The number of nitrogens with one attached hydrogen (secondary N) is 1. The second-order valence-corrected chi connectivity index (χ2v) is 6.35. The summed E-state index contributed by atoms with van der Waals surface area (Å²) in [4.78, 5) is 17.0. The van der Waals surface area contributed by atoms with E-state index < -0.39 is 0 Å². The maximum absolute atomic E-state index is 12.5. The molecule has 0 unspecified atom stereocenters. The first kappa shape index (κ1) is 14.3. The predicted molar refractivity (Wildman–Crippen MR) is 91.0 cm³/mol. The van der Waals surface area contributed by atoms with E-state index in [0.29, 0.717) is 6.04 Å². The van der Waals surface area contributed by atoms with Gasteiger partial charge in [-0.05, 0) is 49.7 Å². The van der Waals surface area contributed by atoms with Gasteiger partial charge in [-0.15, -0.1) is 0 Å². The van der Waals surface area contributed by atoms with Crippen LogP contribution in [0.1, 0.15) is 12.8 Å². The van der Waals surface area contributed by atoms with Crippen LogP contribution >= 0.6 is 0 Å². The van der Waals surface area contributed by atoms with Crippen LogP contribution in [0.25, 0.3) is 5.69 Å². The highest BCUT2D eigenvalue weighted by Crippen LogP contribution is 2.22. The molecule has 5 heteroatoms. The second-order valence-electron chi connectivity index (χ2n) is 6.35. The van der Waals surface area contributed by atoms with Crippen molar-refractivity contribution in [3.63, 3.8) is 0 Å². The minimum absolute atomic E-state index is 0.0150. The van der Waals surface area contributed by atoms with E-state index in [1.165, 1.54) is 19.4 Å². The fraction of sp³-hybridized carbons (Fsp3) is 0.389. The van der Waals surface area contributed by atoms with Gasteiger partial charge in [-0.1, -0.05) is 6.07 Å². The fourth-order valence-corrected chi connectivity index (χ4v) is 3.63. The summed E-state index contributed by atoms with van der Waals surface area (Å²) in [5.41, 5.74) is 1.89. The Morgan fingerprint density at radius 3 is 2.83 bits per heavy atom. The average molecular weight is 310 g/mol. The number of anilines is 1. The summed E-state index contributed by atoms with van der Waals surface area (Å²) in [6, 6.07) is 12.5. The molecule has 0 bridgehead atoms. The molecule has 5 nitrogen and oxygen atoms in total. The third-order valence-electron chi connectivity index (χ3n) is 4.87. The van der Waals surface area contributed by atoms with Gasteiger partial charge in [-0.2, -0.15) is 0 Å². The number of carbonyl (C=O) groups is 1. The van der Waals surface area contributed by atoms with Crippen LogP contribution in [0.3, 0.4) is 0 Å². The molecule has 1 aromatic heterocycles. The molecule has 0 saturated carbocycles. The minimum atomic E-state index is 0.0150. The van der Waals surface area contributed by atoms with E-state index in [-0.39, 0.29) is 6.03 Å². The molecule has 2 aromatic rings. The van der Waals surface area contributed by atoms with Gasteiger partial charge in [0.2, 0.25) is 0 Å². The lowest BCUT2D eigenvalue weighted by molar-refractivity contribution is 0.124. The molecule has 120 valence electrons. The molecule has 2 fully saturated rings. The largest absolute Gasteiger partial charge is 0.324 e. The van der Waals surface area contributed by atoms with Crippen LogP contribution in [0.2, 0.25) is 0 Å². The van der Waals surface area contributed by atoms with E-state index >= 15 is 0 Å². The zero-order chi connectivity index (χ0) is 15.6. The molecule has 0 spiro atoms. The van der Waals surface area contributed by atoms with E-state index in [0.717, 1.165) is 31.0 Å². The molecule has 2 aliphatic heterocycles. The molecule has 2 saturated heterocycles. The van der Waals surface area contributed by atoms with E-state index in [1.54, 1.807) is 0 Å². The number of rotatable bonds is 2. The van der Waals surface area contributed by atoms with Crippen molar-refractivity contribution in [1.82, 2.24) is 14.4 Å². The quantitative estimate of drug-likeness (QED) is 0.926. The maximum Gasteiger partial charge on any atom is 0.321 e. The zero-order valence-corrected chi connectivity index (χ0v) is 13.2. The summed E-state index contributed by atoms with van der Waals surface area (Å²) in [6.45, 7) is 3.86. The van der Waals surface area contributed by atoms with Crippen LogP contribution in [0.15, 0.2) is 48.8 Å². The number of aromatic nitrogens is 1. The lowest BCUT2D eigenvalue weighted by atomic mass is 10.1. The van der Waals surface area contributed by atoms with E-state index in [2.05, 4.69) is 10.2 Å². The highest BCUT2D eigenvalue weighted by Gasteiger charge is 2.32. The number of nitrogens with zero attached hydrogens (tertiary/aromatic N) is 3. The van der Waals surface area contributed by atoms with Crippen molar-refractivity contribution in [3.05, 3.63) is 48.8 Å². The average Bonchev–Trinajstić information content (AvgIpc) is 3.26. The van der Waals surface area contributed by atoms with Crippen molar-refractivity contribution in [2.24, 2.45) is 0 Å². The van der Waals surface area contributed by atoms with Crippen LogP contribution in [0.4, 0.5) is 10.5 Å². The third-order valence-corrected chi connectivity index (χ3v) is 4.87. The van der Waals surface area contributed by atoms with E-state index in [9.17, 15) is 4.79 Å². The molecule has 2 amide bonds. The normalized spacial score (nSPS) is 21.2. The van der Waals surface area contributed by atoms with Gasteiger partial charge in [0.1, 0.15) is 0 Å². The minimum Gasteiger partial charge on any atom is -0.324 e. The Balaban J connectivity index is 1.43. The Bertz CT molecular complexity index is 682. The predicted octanol–water partition coefficient (Wildman–Crippen LogP) is 2.79. The summed E-state index contributed by atoms with van der Waals surface area (Å²) >= 11 is 0. The van der Waals surface area contributed by atoms with Gasteiger partial charge >= 0.3 is 6.03 Å². The van der Waals surface area contributed by atoms with Gasteiger partial charge in [0.25, 0.3) is 0 Å². The van der Waals surface area contributed by atoms with Crippen LogP contribution in [-0.4, -0.2) is 52.6 Å². The Morgan fingerprint density at radius 1 is 1.09 bits per heavy atom. The number of urea groups is 1. The summed E-state index contributed by atoms with van der Waals surface area (Å²) in [7, 11) is 0. The monoisotopic (exact) mass is 310 g/mol. The topological polar surface area (TPSA) is 40.5 Å². The lowest BCUT2D eigenvalue weighted by Gasteiger charge is -2.37. The zero-order valence-electron chi connectivity index (χ0n) is 13.2. The molecule has 4 rings (SSSR count). The van der Waals surface area contributed by atoms with Crippen molar-refractivity contribution >= 4 is 11.7 Å². The van der Waals surface area contributed by atoms with Gasteiger partial charge in [0.15, 0.2) is 0 Å². The lowest BCUT2D eigenvalue weighted by Crippen LogP contribution is -2.53. The second kappa shape index (κ2) is 6.08. The Hall–Kier alpha value is -2.27. The Morgan fingerprint density at radius 2 is 1.96 bits per heavy atom. The number of piperazine rings is 1. The smallest absolute Gasteiger partial charge is 0.321 e. The summed E-state index contributed by atoms with van der Waals surface area (Å²) in [5.74, 6) is 0. The highest BCUT2D eigenvalue weighted by molar-refractivity contribution is 5.89. The van der Waals surface area contributed by atoms with E-state index in [4.69, 9.17) is 0 Å². The summed E-state index contributed by atoms with van der Waals surface area (Å²) in [6.07, 6.45) is 6.48. The fourth-order valence-electron chi connectivity index (χ4n) is 3.63. The molecule has 2 aliphatic rings. The van der Waals surface area contributed by atoms with Gasteiger partial charge in [-0.25, -0.2) is 4.79 Å². The molecule has 1 aromatic carbocycles. The molecule has 3 heterocycles. The van der Waals surface area contributed by atoms with Crippen LogP contribution in [0.5, 0.6) is 0 Å². The van der Waals surface area contributed by atoms with Crippen LogP contribution in [-0.2, 0) is 0 Å². The first-order valence-electron chi connectivity index (χ1n) is 8.33. The van der Waals surface area contributed by atoms with Crippen molar-refractivity contribution < 1.29 is 4.79 Å². The van der Waals surface area contributed by atoms with Crippen molar-refractivity contribution in [2.75, 3.05) is 31.5 Å². The molecule has 0 aliphatic carbocycles. The number of hydrogen-bond donors (Lipinski definition) is 1. The SMILES string of the molecule is O=C(Nc1cccc(-n2cccc2)c1)N1CCN2CCC[C@H]2C1. The van der Waals surface area contributed by atoms with Gasteiger partial charge < -0.3 is 14.8 Å². The first-order valence-corrected chi connectivity index (χ1v) is 8.33. The number of carbonyl (C=O) groups excluding carboxylic acids is 1. The van der Waals surface area contributed by atoms with E-state index in [1.807, 2.05) is 58.3 Å². The van der Waals surface area contributed by atoms with Crippen LogP contribution < -0.4 is 5.32 Å². The Labute approximate surface area is 136 Å². The molecular formula is C18H22N4O. The molecule has 23 heavy (non-hydrogen) atoms. The number of fused-ring (bicyclic) bond motifs is 1. The Kier molecular flexibility index (Phi) is 3.79. The highest BCUT2D eigenvalue weighted by atomic mass is 16.2. The number of hydrogen-bond acceptors (Lipinski definition) is 2. The molecule has 0 radical (unpaired) electrons. The molecule has 1 atom stereocenters. The molecule has 1 N–H and O–H groups in total. The third kappa shape index (κ3) is 2.97. The van der Waals surface area contributed by atoms with Crippen molar-refractivity contribution in [2.45, 2.75) is 18.9 Å². The van der Waals surface area contributed by atoms with Gasteiger partial charge in [0.05, 0.1) is 0 Å². The first-order chi connectivity index (χ1) is 11.3. The number of benzene rings is 1. The molecular weight excluding hydrogens is 288 g/mol. The van der Waals surface area contributed by atoms with Crippen molar-refractivity contribution in [3.8, 4) is 5.69 Å².